The molecule has 0 saturated heterocycles. The van der Waals surface area contributed by atoms with E-state index in [-0.39, 0.29) is 10.8 Å². The van der Waals surface area contributed by atoms with Crippen LogP contribution in [-0.4, -0.2) is 21.4 Å². The Balaban J connectivity index is 1.65. The van der Waals surface area contributed by atoms with Gasteiger partial charge in [-0.3, -0.25) is 9.52 Å². The fourth-order valence-electron chi connectivity index (χ4n) is 2.76. The quantitative estimate of drug-likeness (QED) is 0.494. The first-order chi connectivity index (χ1) is 14.4. The van der Waals surface area contributed by atoms with E-state index < -0.39 is 10.0 Å². The first-order valence-electron chi connectivity index (χ1n) is 9.11. The number of benzene rings is 3. The van der Waals surface area contributed by atoms with Gasteiger partial charge in [-0.1, -0.05) is 46.3 Å². The molecule has 0 bridgehead atoms. The Kier molecular flexibility index (Phi) is 7.25. The Morgan fingerprint density at radius 3 is 2.30 bits per heavy atom. The summed E-state index contributed by atoms with van der Waals surface area (Å²) in [6, 6.07) is 20.4. The van der Waals surface area contributed by atoms with E-state index in [1.165, 1.54) is 18.2 Å². The van der Waals surface area contributed by atoms with Gasteiger partial charge < -0.3 is 10.1 Å². The highest BCUT2D eigenvalue weighted by Crippen LogP contribution is 2.19. The predicted octanol–water partition coefficient (Wildman–Crippen LogP) is 4.33. The van der Waals surface area contributed by atoms with Crippen molar-refractivity contribution in [2.24, 2.45) is 0 Å². The van der Waals surface area contributed by atoms with Gasteiger partial charge in [0, 0.05) is 29.4 Å². The second kappa shape index (κ2) is 9.88. The smallest absolute Gasteiger partial charge is 0.261 e. The molecule has 0 aliphatic heterocycles. The fourth-order valence-corrected chi connectivity index (χ4v) is 4.07. The van der Waals surface area contributed by atoms with E-state index in [1.807, 2.05) is 24.3 Å². The lowest BCUT2D eigenvalue weighted by molar-refractivity contribution is 0.0951. The van der Waals surface area contributed by atoms with Crippen LogP contribution in [-0.2, 0) is 27.9 Å². The SMILES string of the molecule is COCc1ccc(CNC(=O)c2cccc(NS(=O)(=O)c3ccc(Br)cc3)c2)cc1. The van der Waals surface area contributed by atoms with Crippen molar-refractivity contribution in [1.29, 1.82) is 0 Å². The molecule has 0 fully saturated rings. The molecule has 156 valence electrons. The monoisotopic (exact) mass is 488 g/mol. The van der Waals surface area contributed by atoms with E-state index in [0.29, 0.717) is 24.4 Å². The number of methoxy groups -OCH3 is 1. The zero-order chi connectivity index (χ0) is 21.6. The van der Waals surface area contributed by atoms with Gasteiger partial charge in [0.05, 0.1) is 11.5 Å². The summed E-state index contributed by atoms with van der Waals surface area (Å²) in [6.07, 6.45) is 0. The van der Waals surface area contributed by atoms with Crippen LogP contribution in [0.15, 0.2) is 82.2 Å². The van der Waals surface area contributed by atoms with Crippen molar-refractivity contribution in [3.63, 3.8) is 0 Å². The lowest BCUT2D eigenvalue weighted by Gasteiger charge is -2.10. The first-order valence-corrected chi connectivity index (χ1v) is 11.4. The van der Waals surface area contributed by atoms with Crippen molar-refractivity contribution in [2.45, 2.75) is 18.0 Å². The molecule has 0 spiro atoms. The molecule has 0 aliphatic carbocycles. The molecule has 0 saturated carbocycles. The molecule has 0 heterocycles. The largest absolute Gasteiger partial charge is 0.380 e. The van der Waals surface area contributed by atoms with Crippen LogP contribution in [0.4, 0.5) is 5.69 Å². The molecule has 0 aliphatic rings. The third-order valence-corrected chi connectivity index (χ3v) is 6.21. The van der Waals surface area contributed by atoms with Crippen molar-refractivity contribution in [3.05, 3.63) is 94.0 Å². The maximum Gasteiger partial charge on any atom is 0.261 e. The first kappa shape index (κ1) is 22.0. The van der Waals surface area contributed by atoms with Gasteiger partial charge in [-0.2, -0.15) is 0 Å². The Labute approximate surface area is 184 Å². The lowest BCUT2D eigenvalue weighted by Crippen LogP contribution is -2.23. The van der Waals surface area contributed by atoms with Gasteiger partial charge in [0.15, 0.2) is 0 Å². The van der Waals surface area contributed by atoms with E-state index in [4.69, 9.17) is 4.74 Å². The molecule has 0 radical (unpaired) electrons. The summed E-state index contributed by atoms with van der Waals surface area (Å²) < 4.78 is 33.5. The number of halogens is 1. The molecule has 0 atom stereocenters. The molecule has 1 amide bonds. The number of carbonyl (C=O) groups is 1. The van der Waals surface area contributed by atoms with E-state index in [0.717, 1.165) is 15.6 Å². The fraction of sp³-hybridized carbons (Fsp3) is 0.136. The minimum Gasteiger partial charge on any atom is -0.380 e. The van der Waals surface area contributed by atoms with E-state index >= 15 is 0 Å². The highest BCUT2D eigenvalue weighted by atomic mass is 79.9. The van der Waals surface area contributed by atoms with Crippen molar-refractivity contribution >= 4 is 37.5 Å². The number of amides is 1. The third kappa shape index (κ3) is 5.91. The minimum absolute atomic E-state index is 0.137. The standard InChI is InChI=1S/C22H21BrN2O4S/c1-29-15-17-7-5-16(6-8-17)14-24-22(26)18-3-2-4-20(13-18)25-30(27,28)21-11-9-19(23)10-12-21/h2-13,25H,14-15H2,1H3,(H,24,26). The highest BCUT2D eigenvalue weighted by Gasteiger charge is 2.15. The predicted molar refractivity (Wildman–Crippen MR) is 120 cm³/mol. The molecule has 8 heteroatoms. The summed E-state index contributed by atoms with van der Waals surface area (Å²) in [4.78, 5) is 12.6. The highest BCUT2D eigenvalue weighted by molar-refractivity contribution is 9.10. The molecule has 30 heavy (non-hydrogen) atoms. The number of sulfonamides is 1. The molecule has 3 rings (SSSR count). The zero-order valence-electron chi connectivity index (χ0n) is 16.3. The van der Waals surface area contributed by atoms with E-state index in [2.05, 4.69) is 26.0 Å². The Morgan fingerprint density at radius 1 is 0.967 bits per heavy atom. The van der Waals surface area contributed by atoms with Crippen LogP contribution in [0.3, 0.4) is 0 Å². The van der Waals surface area contributed by atoms with Crippen LogP contribution in [0.5, 0.6) is 0 Å². The second-order valence-electron chi connectivity index (χ2n) is 6.57. The van der Waals surface area contributed by atoms with Crippen molar-refractivity contribution < 1.29 is 17.9 Å². The lowest BCUT2D eigenvalue weighted by atomic mass is 10.1. The average Bonchev–Trinajstić information content (AvgIpc) is 2.73. The molecule has 3 aromatic carbocycles. The van der Waals surface area contributed by atoms with Gasteiger partial charge in [0.25, 0.3) is 15.9 Å². The maximum atomic E-state index is 12.5. The molecular formula is C22H21BrN2O4S. The van der Waals surface area contributed by atoms with E-state index in [9.17, 15) is 13.2 Å². The molecule has 2 N–H and O–H groups in total. The van der Waals surface area contributed by atoms with Gasteiger partial charge in [-0.15, -0.1) is 0 Å². The number of carbonyl (C=O) groups excluding carboxylic acids is 1. The normalized spacial score (nSPS) is 11.1. The minimum atomic E-state index is -3.75. The van der Waals surface area contributed by atoms with Crippen LogP contribution in [0.25, 0.3) is 0 Å². The van der Waals surface area contributed by atoms with Crippen LogP contribution < -0.4 is 10.0 Å². The summed E-state index contributed by atoms with van der Waals surface area (Å²) in [5, 5.41) is 2.84. The van der Waals surface area contributed by atoms with Gasteiger partial charge in [-0.05, 0) is 53.6 Å². The Morgan fingerprint density at radius 2 is 1.63 bits per heavy atom. The summed E-state index contributed by atoms with van der Waals surface area (Å²) in [7, 11) is -2.11. The zero-order valence-corrected chi connectivity index (χ0v) is 18.7. The molecule has 0 unspecified atom stereocenters. The number of hydrogen-bond donors (Lipinski definition) is 2. The van der Waals surface area contributed by atoms with Crippen LogP contribution >= 0.6 is 15.9 Å². The number of rotatable bonds is 8. The summed E-state index contributed by atoms with van der Waals surface area (Å²) in [5.74, 6) is -0.291. The summed E-state index contributed by atoms with van der Waals surface area (Å²) in [6.45, 7) is 0.899. The second-order valence-corrected chi connectivity index (χ2v) is 9.17. The number of nitrogens with one attached hydrogen (secondary N) is 2. The molecule has 6 nitrogen and oxygen atoms in total. The van der Waals surface area contributed by atoms with Gasteiger partial charge in [-0.25, -0.2) is 8.42 Å². The van der Waals surface area contributed by atoms with Gasteiger partial charge >= 0.3 is 0 Å². The van der Waals surface area contributed by atoms with E-state index in [1.54, 1.807) is 37.4 Å². The van der Waals surface area contributed by atoms with Gasteiger partial charge in [0.1, 0.15) is 0 Å². The maximum absolute atomic E-state index is 12.5. The number of ether oxygens (including phenoxy) is 1. The number of anilines is 1. The average molecular weight is 489 g/mol. The van der Waals surface area contributed by atoms with Crippen molar-refractivity contribution in [1.82, 2.24) is 5.32 Å². The Hall–Kier alpha value is -2.68. The van der Waals surface area contributed by atoms with Crippen molar-refractivity contribution in [3.8, 4) is 0 Å². The van der Waals surface area contributed by atoms with Crippen molar-refractivity contribution in [2.75, 3.05) is 11.8 Å². The van der Waals surface area contributed by atoms with Crippen LogP contribution in [0.1, 0.15) is 21.5 Å². The van der Waals surface area contributed by atoms with Crippen LogP contribution in [0.2, 0.25) is 0 Å². The summed E-state index contributed by atoms with van der Waals surface area (Å²) in [5.41, 5.74) is 2.69. The molecule has 0 aromatic heterocycles. The third-order valence-electron chi connectivity index (χ3n) is 4.29. The van der Waals surface area contributed by atoms with Gasteiger partial charge in [0.2, 0.25) is 0 Å². The summed E-state index contributed by atoms with van der Waals surface area (Å²) >= 11 is 3.28. The molecular weight excluding hydrogens is 468 g/mol. The topological polar surface area (TPSA) is 84.5 Å². The number of hydrogen-bond acceptors (Lipinski definition) is 4. The Bertz CT molecular complexity index is 1110. The molecule has 3 aromatic rings. The van der Waals surface area contributed by atoms with Crippen LogP contribution in [0, 0.1) is 0 Å².